The van der Waals surface area contributed by atoms with Gasteiger partial charge in [0.1, 0.15) is 6.54 Å². The summed E-state index contributed by atoms with van der Waals surface area (Å²) in [7, 11) is 0. The Bertz CT molecular complexity index is 373. The normalized spacial score (nSPS) is 19.5. The maximum Gasteiger partial charge on any atom is 0.241 e. The fourth-order valence-electron chi connectivity index (χ4n) is 1.75. The molecule has 0 aromatic carbocycles. The molecule has 2 rings (SSSR count). The first-order valence-electron chi connectivity index (χ1n) is 5.75. The zero-order valence-corrected chi connectivity index (χ0v) is 9.63. The van der Waals surface area contributed by atoms with Crippen LogP contribution in [-0.2, 0) is 22.6 Å². The van der Waals surface area contributed by atoms with Gasteiger partial charge in [0, 0.05) is 19.7 Å². The fourth-order valence-corrected chi connectivity index (χ4v) is 1.75. The predicted octanol–water partition coefficient (Wildman–Crippen LogP) is -0.968. The van der Waals surface area contributed by atoms with Crippen LogP contribution in [0.1, 0.15) is 18.5 Å². The van der Waals surface area contributed by atoms with Gasteiger partial charge in [-0.2, -0.15) is 0 Å². The van der Waals surface area contributed by atoms with Gasteiger partial charge in [-0.3, -0.25) is 4.79 Å². The van der Waals surface area contributed by atoms with Crippen molar-refractivity contribution in [3.8, 4) is 0 Å². The van der Waals surface area contributed by atoms with Crippen LogP contribution >= 0.6 is 0 Å². The quantitative estimate of drug-likeness (QED) is 0.689. The fraction of sp³-hybridized carbons (Fsp3) is 0.700. The number of nitrogens with zero attached hydrogens (tertiary/aromatic N) is 3. The maximum atomic E-state index is 11.6. The molecule has 1 aromatic heterocycles. The smallest absolute Gasteiger partial charge is 0.241 e. The molecule has 1 unspecified atom stereocenters. The first-order valence-corrected chi connectivity index (χ1v) is 5.75. The van der Waals surface area contributed by atoms with Gasteiger partial charge >= 0.3 is 0 Å². The van der Waals surface area contributed by atoms with Crippen LogP contribution in [0.25, 0.3) is 0 Å². The highest BCUT2D eigenvalue weighted by Crippen LogP contribution is 2.10. The van der Waals surface area contributed by atoms with Crippen LogP contribution in [0.15, 0.2) is 6.20 Å². The average Bonchev–Trinajstić information content (AvgIpc) is 2.97. The van der Waals surface area contributed by atoms with E-state index in [2.05, 4.69) is 15.6 Å². The summed E-state index contributed by atoms with van der Waals surface area (Å²) in [6.07, 6.45) is 3.92. The van der Waals surface area contributed by atoms with Gasteiger partial charge in [0.25, 0.3) is 0 Å². The molecule has 0 aliphatic carbocycles. The molecule has 1 fully saturated rings. The van der Waals surface area contributed by atoms with Crippen LogP contribution in [0.4, 0.5) is 0 Å². The number of nitrogens with one attached hydrogen (secondary N) is 1. The minimum atomic E-state index is -0.0889. The number of hydrogen-bond acceptors (Lipinski definition) is 5. The van der Waals surface area contributed by atoms with Crippen molar-refractivity contribution in [2.45, 2.75) is 32.0 Å². The Hall–Kier alpha value is -1.47. The summed E-state index contributed by atoms with van der Waals surface area (Å²) in [5.41, 5.74) is 6.08. The molecule has 94 valence electrons. The minimum Gasteiger partial charge on any atom is -0.376 e. The second-order valence-electron chi connectivity index (χ2n) is 4.05. The second kappa shape index (κ2) is 5.74. The third-order valence-corrected chi connectivity index (χ3v) is 2.65. The van der Waals surface area contributed by atoms with Gasteiger partial charge in [0.2, 0.25) is 5.91 Å². The highest BCUT2D eigenvalue weighted by Gasteiger charge is 2.16. The molecule has 7 heteroatoms. The van der Waals surface area contributed by atoms with Gasteiger partial charge in [0.05, 0.1) is 18.0 Å². The number of hydrogen-bond donors (Lipinski definition) is 2. The largest absolute Gasteiger partial charge is 0.376 e. The molecule has 1 amide bonds. The van der Waals surface area contributed by atoms with Gasteiger partial charge in [-0.05, 0) is 12.8 Å². The van der Waals surface area contributed by atoms with Gasteiger partial charge in [-0.25, -0.2) is 4.68 Å². The van der Waals surface area contributed by atoms with Crippen molar-refractivity contribution in [2.75, 3.05) is 13.2 Å². The standard InChI is InChI=1S/C10H17N5O2/c11-4-8-6-15(14-13-8)7-10(16)12-5-9-2-1-3-17-9/h6,9H,1-5,7,11H2,(H,12,16). The summed E-state index contributed by atoms with van der Waals surface area (Å²) >= 11 is 0. The molecule has 0 saturated carbocycles. The van der Waals surface area contributed by atoms with Crippen LogP contribution in [0, 0.1) is 0 Å². The summed E-state index contributed by atoms with van der Waals surface area (Å²) in [4.78, 5) is 11.6. The highest BCUT2D eigenvalue weighted by molar-refractivity contribution is 5.75. The molecule has 1 aliphatic rings. The molecule has 0 spiro atoms. The average molecular weight is 239 g/mol. The first-order chi connectivity index (χ1) is 8.28. The molecule has 17 heavy (non-hydrogen) atoms. The van der Waals surface area contributed by atoms with E-state index in [0.717, 1.165) is 19.4 Å². The zero-order valence-electron chi connectivity index (χ0n) is 9.63. The van der Waals surface area contributed by atoms with Gasteiger partial charge in [-0.15, -0.1) is 5.10 Å². The van der Waals surface area contributed by atoms with Crippen LogP contribution in [-0.4, -0.2) is 40.2 Å². The molecule has 0 bridgehead atoms. The third kappa shape index (κ3) is 3.50. The molecular formula is C10H17N5O2. The number of rotatable bonds is 5. The number of aromatic nitrogens is 3. The number of carbonyl (C=O) groups excluding carboxylic acids is 1. The predicted molar refractivity (Wildman–Crippen MR) is 59.9 cm³/mol. The van der Waals surface area contributed by atoms with Crippen molar-refractivity contribution in [1.29, 1.82) is 0 Å². The summed E-state index contributed by atoms with van der Waals surface area (Å²) in [6.45, 7) is 1.86. The number of carbonyl (C=O) groups is 1. The Balaban J connectivity index is 1.72. The van der Waals surface area contributed by atoms with Crippen molar-refractivity contribution in [2.24, 2.45) is 5.73 Å². The van der Waals surface area contributed by atoms with Crippen molar-refractivity contribution >= 4 is 5.91 Å². The molecule has 0 radical (unpaired) electrons. The monoisotopic (exact) mass is 239 g/mol. The van der Waals surface area contributed by atoms with Gasteiger partial charge in [-0.1, -0.05) is 5.21 Å². The van der Waals surface area contributed by atoms with Crippen LogP contribution in [0.3, 0.4) is 0 Å². The Morgan fingerprint density at radius 1 is 1.71 bits per heavy atom. The molecule has 1 aromatic rings. The van der Waals surface area contributed by atoms with Crippen molar-refractivity contribution in [1.82, 2.24) is 20.3 Å². The molecular weight excluding hydrogens is 222 g/mol. The van der Waals surface area contributed by atoms with Crippen molar-refractivity contribution in [3.63, 3.8) is 0 Å². The first kappa shape index (κ1) is 12.0. The molecule has 1 saturated heterocycles. The SMILES string of the molecule is NCc1cn(CC(=O)NCC2CCCO2)nn1. The van der Waals surface area contributed by atoms with Crippen LogP contribution in [0.2, 0.25) is 0 Å². The van der Waals surface area contributed by atoms with E-state index >= 15 is 0 Å². The topological polar surface area (TPSA) is 95.1 Å². The van der Waals surface area contributed by atoms with E-state index in [1.807, 2.05) is 0 Å². The van der Waals surface area contributed by atoms with E-state index in [9.17, 15) is 4.79 Å². The molecule has 3 N–H and O–H groups in total. The van der Waals surface area contributed by atoms with Gasteiger partial charge < -0.3 is 15.8 Å². The van der Waals surface area contributed by atoms with Crippen LogP contribution in [0.5, 0.6) is 0 Å². The summed E-state index contributed by atoms with van der Waals surface area (Å²) in [5, 5.41) is 10.4. The van der Waals surface area contributed by atoms with Crippen molar-refractivity contribution < 1.29 is 9.53 Å². The summed E-state index contributed by atoms with van der Waals surface area (Å²) in [6, 6.07) is 0. The zero-order chi connectivity index (χ0) is 12.1. The Kier molecular flexibility index (Phi) is 4.05. The summed E-state index contributed by atoms with van der Waals surface area (Å²) in [5.74, 6) is -0.0889. The Morgan fingerprint density at radius 3 is 3.24 bits per heavy atom. The number of ether oxygens (including phenoxy) is 1. The van der Waals surface area contributed by atoms with Gasteiger partial charge in [0.15, 0.2) is 0 Å². The Labute approximate surface area is 99.3 Å². The molecule has 2 heterocycles. The lowest BCUT2D eigenvalue weighted by molar-refractivity contribution is -0.122. The number of nitrogens with two attached hydrogens (primary N) is 1. The highest BCUT2D eigenvalue weighted by atomic mass is 16.5. The number of amides is 1. The molecule has 7 nitrogen and oxygen atoms in total. The lowest BCUT2D eigenvalue weighted by atomic mass is 10.2. The summed E-state index contributed by atoms with van der Waals surface area (Å²) < 4.78 is 6.89. The van der Waals surface area contributed by atoms with Crippen LogP contribution < -0.4 is 11.1 Å². The molecule has 1 atom stereocenters. The van der Waals surface area contributed by atoms with E-state index in [1.54, 1.807) is 6.20 Å². The van der Waals surface area contributed by atoms with Crippen molar-refractivity contribution in [3.05, 3.63) is 11.9 Å². The molecule has 1 aliphatic heterocycles. The van der Waals surface area contributed by atoms with E-state index in [4.69, 9.17) is 10.5 Å². The Morgan fingerprint density at radius 2 is 2.59 bits per heavy atom. The van der Waals surface area contributed by atoms with E-state index < -0.39 is 0 Å². The minimum absolute atomic E-state index is 0.0889. The second-order valence-corrected chi connectivity index (χ2v) is 4.05. The lowest BCUT2D eigenvalue weighted by Crippen LogP contribution is -2.34. The maximum absolute atomic E-state index is 11.6. The third-order valence-electron chi connectivity index (χ3n) is 2.65. The van der Waals surface area contributed by atoms with E-state index in [1.165, 1.54) is 4.68 Å². The lowest BCUT2D eigenvalue weighted by Gasteiger charge is -2.10. The van der Waals surface area contributed by atoms with E-state index in [-0.39, 0.29) is 18.6 Å². The van der Waals surface area contributed by atoms with E-state index in [0.29, 0.717) is 18.8 Å².